The number of phenolic OH excluding ortho intramolecular Hbond substituents is 2. The molecule has 0 radical (unpaired) electrons. The smallest absolute Gasteiger partial charge is 0.123 e. The van der Waals surface area contributed by atoms with Gasteiger partial charge in [-0.05, 0) is 50.4 Å². The molecule has 1 aromatic heterocycles. The average molecular weight is 501 g/mol. The average Bonchev–Trinajstić information content (AvgIpc) is 3.29. The molecular weight excluding hydrogens is 456 g/mol. The van der Waals surface area contributed by atoms with E-state index in [-0.39, 0.29) is 16.7 Å². The van der Waals surface area contributed by atoms with Crippen LogP contribution in [0.5, 0.6) is 11.5 Å². The van der Waals surface area contributed by atoms with Crippen LogP contribution in [0.2, 0.25) is 0 Å². The Bertz CT molecular complexity index is 1200. The maximum absolute atomic E-state index is 12.0. The molecule has 0 atom stereocenters. The van der Waals surface area contributed by atoms with Crippen molar-refractivity contribution >= 4 is 0 Å². The zero-order valence-corrected chi connectivity index (χ0v) is 23.4. The third kappa shape index (κ3) is 4.69. The number of hydrogen-bond acceptors (Lipinski definition) is 3. The van der Waals surface area contributed by atoms with Crippen LogP contribution in [-0.2, 0) is 17.9 Å². The summed E-state index contributed by atoms with van der Waals surface area (Å²) in [5, 5.41) is 23.9. The number of nitrogens with zero attached hydrogens (tertiary/aromatic N) is 2. The van der Waals surface area contributed by atoms with Gasteiger partial charge in [-0.25, -0.2) is 4.98 Å². The van der Waals surface area contributed by atoms with Crippen molar-refractivity contribution in [2.45, 2.75) is 109 Å². The molecule has 0 amide bonds. The van der Waals surface area contributed by atoms with Crippen LogP contribution in [0.3, 0.4) is 0 Å². The highest BCUT2D eigenvalue weighted by atomic mass is 16.3. The molecule has 2 aliphatic carbocycles. The first-order valence-electron chi connectivity index (χ1n) is 14.3. The number of aromatic hydroxyl groups is 2. The van der Waals surface area contributed by atoms with E-state index >= 15 is 0 Å². The maximum atomic E-state index is 12.0. The molecule has 0 aliphatic heterocycles. The van der Waals surface area contributed by atoms with Gasteiger partial charge in [0.1, 0.15) is 11.5 Å². The van der Waals surface area contributed by atoms with Gasteiger partial charge in [-0.3, -0.25) is 0 Å². The van der Waals surface area contributed by atoms with E-state index in [1.54, 1.807) is 0 Å². The second kappa shape index (κ2) is 9.85. The SMILES string of the molecule is Cc1cc(C(c2cc(C)cc(C3(C)CCCCC3)c2O)c2cncn2C)c(O)c(C2(C)CCCCC2)c1. The van der Waals surface area contributed by atoms with E-state index in [0.29, 0.717) is 11.5 Å². The number of rotatable bonds is 5. The first-order valence-corrected chi connectivity index (χ1v) is 14.3. The predicted molar refractivity (Wildman–Crippen MR) is 151 cm³/mol. The van der Waals surface area contributed by atoms with Crippen molar-refractivity contribution in [3.05, 3.63) is 75.9 Å². The zero-order valence-electron chi connectivity index (χ0n) is 23.4. The van der Waals surface area contributed by atoms with Gasteiger partial charge in [-0.1, -0.05) is 87.8 Å². The minimum atomic E-state index is -0.316. The molecular formula is C33H44N2O2. The molecule has 2 N–H and O–H groups in total. The monoisotopic (exact) mass is 500 g/mol. The van der Waals surface area contributed by atoms with Gasteiger partial charge in [-0.15, -0.1) is 0 Å². The fourth-order valence-electron chi connectivity index (χ4n) is 7.31. The fourth-order valence-corrected chi connectivity index (χ4v) is 7.31. The third-order valence-electron chi connectivity index (χ3n) is 9.55. The lowest BCUT2D eigenvalue weighted by Crippen LogP contribution is -2.26. The summed E-state index contributed by atoms with van der Waals surface area (Å²) in [5.41, 5.74) is 7.05. The third-order valence-corrected chi connectivity index (χ3v) is 9.55. The standard InChI is InChI=1S/C33H44N2O2/c1-22-16-24(30(36)26(18-22)32(3)12-8-6-9-13-32)29(28-20-34-21-35(28)5)25-17-23(2)19-27(31(25)37)33(4)14-10-7-11-15-33/h16-21,29,36-37H,6-15H2,1-5H3. The Balaban J connectivity index is 1.74. The summed E-state index contributed by atoms with van der Waals surface area (Å²) in [6.45, 7) is 8.89. The van der Waals surface area contributed by atoms with Crippen LogP contribution in [0.4, 0.5) is 0 Å². The number of phenols is 2. The van der Waals surface area contributed by atoms with Gasteiger partial charge in [0.25, 0.3) is 0 Å². The van der Waals surface area contributed by atoms with E-state index in [1.165, 1.54) is 38.5 Å². The van der Waals surface area contributed by atoms with Crippen molar-refractivity contribution in [2.24, 2.45) is 7.05 Å². The van der Waals surface area contributed by atoms with Gasteiger partial charge in [0.15, 0.2) is 0 Å². The first kappa shape index (κ1) is 25.9. The van der Waals surface area contributed by atoms with Crippen LogP contribution < -0.4 is 0 Å². The van der Waals surface area contributed by atoms with Crippen LogP contribution >= 0.6 is 0 Å². The summed E-state index contributed by atoms with van der Waals surface area (Å²) < 4.78 is 2.03. The highest BCUT2D eigenvalue weighted by molar-refractivity contribution is 5.59. The minimum Gasteiger partial charge on any atom is -0.507 e. The topological polar surface area (TPSA) is 58.3 Å². The van der Waals surface area contributed by atoms with E-state index in [2.05, 4.69) is 56.9 Å². The molecule has 2 fully saturated rings. The van der Waals surface area contributed by atoms with Crippen molar-refractivity contribution < 1.29 is 10.2 Å². The molecule has 3 aromatic rings. The summed E-state index contributed by atoms with van der Waals surface area (Å²) in [6.07, 6.45) is 15.4. The normalized spacial score (nSPS) is 19.3. The molecule has 5 rings (SSSR count). The van der Waals surface area contributed by atoms with E-state index in [9.17, 15) is 10.2 Å². The van der Waals surface area contributed by atoms with Gasteiger partial charge in [-0.2, -0.15) is 0 Å². The predicted octanol–water partition coefficient (Wildman–Crippen LogP) is 8.07. The Kier molecular flexibility index (Phi) is 6.89. The summed E-state index contributed by atoms with van der Waals surface area (Å²) in [6, 6.07) is 8.61. The van der Waals surface area contributed by atoms with Crippen molar-refractivity contribution in [1.29, 1.82) is 0 Å². The molecule has 0 bridgehead atoms. The quantitative estimate of drug-likeness (QED) is 0.372. The van der Waals surface area contributed by atoms with Crippen molar-refractivity contribution in [1.82, 2.24) is 9.55 Å². The lowest BCUT2D eigenvalue weighted by atomic mass is 9.68. The lowest BCUT2D eigenvalue weighted by molar-refractivity contribution is 0.306. The van der Waals surface area contributed by atoms with Crippen molar-refractivity contribution in [2.75, 3.05) is 0 Å². The summed E-state index contributed by atoms with van der Waals surface area (Å²) in [4.78, 5) is 4.45. The fraction of sp³-hybridized carbons (Fsp3) is 0.545. The molecule has 198 valence electrons. The van der Waals surface area contributed by atoms with Gasteiger partial charge in [0.05, 0.1) is 12.2 Å². The summed E-state index contributed by atoms with van der Waals surface area (Å²) >= 11 is 0. The van der Waals surface area contributed by atoms with Crippen LogP contribution in [0.25, 0.3) is 0 Å². The van der Waals surface area contributed by atoms with Crippen molar-refractivity contribution in [3.8, 4) is 11.5 Å². The van der Waals surface area contributed by atoms with E-state index in [1.807, 2.05) is 24.1 Å². The van der Waals surface area contributed by atoms with Crippen LogP contribution in [0, 0.1) is 13.8 Å². The van der Waals surface area contributed by atoms with Gasteiger partial charge >= 0.3 is 0 Å². The van der Waals surface area contributed by atoms with Gasteiger partial charge in [0, 0.05) is 41.2 Å². The molecule has 4 heteroatoms. The number of hydrogen-bond donors (Lipinski definition) is 2. The van der Waals surface area contributed by atoms with Crippen molar-refractivity contribution in [3.63, 3.8) is 0 Å². The van der Waals surface area contributed by atoms with Crippen LogP contribution in [0.1, 0.15) is 123 Å². The number of aryl methyl sites for hydroxylation is 3. The number of aromatic nitrogens is 2. The molecule has 37 heavy (non-hydrogen) atoms. The Labute approximate surface area is 222 Å². The molecule has 4 nitrogen and oxygen atoms in total. The molecule has 2 saturated carbocycles. The zero-order chi connectivity index (χ0) is 26.4. The number of imidazole rings is 1. The Morgan fingerprint density at radius 2 is 1.16 bits per heavy atom. The molecule has 2 aromatic carbocycles. The molecule has 0 unspecified atom stereocenters. The van der Waals surface area contributed by atoms with E-state index in [0.717, 1.165) is 64.8 Å². The van der Waals surface area contributed by atoms with Crippen LogP contribution in [-0.4, -0.2) is 19.8 Å². The maximum Gasteiger partial charge on any atom is 0.123 e. The Morgan fingerprint density at radius 1 is 0.730 bits per heavy atom. The molecule has 2 aliphatic rings. The highest BCUT2D eigenvalue weighted by Gasteiger charge is 2.37. The summed E-state index contributed by atoms with van der Waals surface area (Å²) in [7, 11) is 2.00. The van der Waals surface area contributed by atoms with E-state index < -0.39 is 0 Å². The lowest BCUT2D eigenvalue weighted by Gasteiger charge is -2.37. The highest BCUT2D eigenvalue weighted by Crippen LogP contribution is 2.51. The Hall–Kier alpha value is -2.75. The van der Waals surface area contributed by atoms with Gasteiger partial charge < -0.3 is 14.8 Å². The molecule has 0 spiro atoms. The summed E-state index contributed by atoms with van der Waals surface area (Å²) in [5.74, 6) is 0.448. The van der Waals surface area contributed by atoms with Crippen LogP contribution in [0.15, 0.2) is 36.8 Å². The molecule has 0 saturated heterocycles. The molecule has 1 heterocycles. The second-order valence-corrected chi connectivity index (χ2v) is 12.6. The van der Waals surface area contributed by atoms with E-state index in [4.69, 9.17) is 0 Å². The largest absolute Gasteiger partial charge is 0.507 e. The number of benzene rings is 2. The first-order chi connectivity index (χ1) is 17.6. The second-order valence-electron chi connectivity index (χ2n) is 12.6. The van der Waals surface area contributed by atoms with Gasteiger partial charge in [0.2, 0.25) is 0 Å². The minimum absolute atomic E-state index is 0.0322. The Morgan fingerprint density at radius 3 is 1.54 bits per heavy atom.